The van der Waals surface area contributed by atoms with Gasteiger partial charge in [-0.1, -0.05) is 0 Å². The fraction of sp³-hybridized carbons (Fsp3) is 1.00. The second kappa shape index (κ2) is 1.99. The Balaban J connectivity index is 2.15. The van der Waals surface area contributed by atoms with Gasteiger partial charge in [0.05, 0.1) is 6.54 Å². The molecule has 3 heteroatoms. The maximum Gasteiger partial charge on any atom is 0.232 e. The topological polar surface area (TPSA) is 12.5 Å². The lowest BCUT2D eigenvalue weighted by molar-refractivity contribution is -0.350. The normalized spacial score (nSPS) is 30.8. The van der Waals surface area contributed by atoms with Crippen molar-refractivity contribution < 1.29 is 9.23 Å². The average Bonchev–Trinajstić information content (AvgIpc) is 1.57. The van der Waals surface area contributed by atoms with Crippen molar-refractivity contribution in [2.75, 3.05) is 6.54 Å². The monoisotopic (exact) mass is 119 g/mol. The lowest BCUT2D eigenvalue weighted by Crippen LogP contribution is -2.49. The van der Waals surface area contributed by atoms with E-state index < -0.39 is 6.36 Å². The maximum absolute atomic E-state index is 11.9. The van der Waals surface area contributed by atoms with E-state index in [0.29, 0.717) is 12.6 Å². The van der Waals surface area contributed by atoms with Gasteiger partial charge in [0.2, 0.25) is 6.36 Å². The molecule has 1 atom stereocenters. The molecule has 0 aromatic carbocycles. The van der Waals surface area contributed by atoms with Crippen LogP contribution in [0.5, 0.6) is 0 Å². The molecule has 1 fully saturated rings. The minimum absolute atomic E-state index is 0.307. The molecule has 0 saturated carbocycles. The van der Waals surface area contributed by atoms with E-state index in [-0.39, 0.29) is 0 Å². The van der Waals surface area contributed by atoms with Gasteiger partial charge in [0.1, 0.15) is 0 Å². The van der Waals surface area contributed by atoms with E-state index >= 15 is 0 Å². The molecular weight excluding hydrogens is 109 g/mol. The van der Waals surface area contributed by atoms with E-state index in [1.54, 1.807) is 5.06 Å². The highest BCUT2D eigenvalue weighted by molar-refractivity contribution is 4.61. The number of hydrogen-bond acceptors (Lipinski definition) is 2. The van der Waals surface area contributed by atoms with E-state index in [4.69, 9.17) is 0 Å². The first-order valence-corrected chi connectivity index (χ1v) is 2.77. The Labute approximate surface area is 48.2 Å². The molecule has 1 unspecified atom stereocenters. The highest BCUT2D eigenvalue weighted by atomic mass is 19.1. The Hall–Kier alpha value is -0.150. The third-order valence-corrected chi connectivity index (χ3v) is 1.15. The van der Waals surface area contributed by atoms with E-state index in [1.165, 1.54) is 0 Å². The largest absolute Gasteiger partial charge is 0.260 e. The van der Waals surface area contributed by atoms with Gasteiger partial charge >= 0.3 is 0 Å². The van der Waals surface area contributed by atoms with Crippen LogP contribution in [-0.2, 0) is 4.84 Å². The van der Waals surface area contributed by atoms with Crippen molar-refractivity contribution >= 4 is 0 Å². The summed E-state index contributed by atoms with van der Waals surface area (Å²) < 4.78 is 11.9. The Morgan fingerprint density at radius 3 is 2.38 bits per heavy atom. The molecule has 0 amide bonds. The van der Waals surface area contributed by atoms with Gasteiger partial charge in [0.15, 0.2) is 0 Å². The molecule has 0 aliphatic carbocycles. The summed E-state index contributed by atoms with van der Waals surface area (Å²) in [7, 11) is 0. The van der Waals surface area contributed by atoms with Crippen molar-refractivity contribution in [1.29, 1.82) is 0 Å². The third kappa shape index (κ3) is 0.980. The fourth-order valence-electron chi connectivity index (χ4n) is 0.612. The lowest BCUT2D eigenvalue weighted by Gasteiger charge is -2.36. The molecule has 1 aliphatic heterocycles. The standard InChI is InChI=1S/C5H10FNO/c1-4(2)7-3-5(6)8-7/h4-5H,3H2,1-2H3. The molecule has 0 N–H and O–H groups in total. The molecule has 0 spiro atoms. The molecule has 48 valence electrons. The first kappa shape index (κ1) is 5.98. The molecule has 0 bridgehead atoms. The van der Waals surface area contributed by atoms with Crippen molar-refractivity contribution in [2.45, 2.75) is 26.2 Å². The predicted octanol–water partition coefficient (Wildman–Crippen LogP) is 0.938. The summed E-state index contributed by atoms with van der Waals surface area (Å²) in [4.78, 5) is 4.57. The summed E-state index contributed by atoms with van der Waals surface area (Å²) in [5.74, 6) is 0. The Morgan fingerprint density at radius 1 is 1.75 bits per heavy atom. The van der Waals surface area contributed by atoms with Crippen LogP contribution < -0.4 is 0 Å². The molecule has 1 heterocycles. The summed E-state index contributed by atoms with van der Waals surface area (Å²) in [6.07, 6.45) is -1.04. The molecule has 1 aliphatic rings. The molecule has 0 aromatic rings. The third-order valence-electron chi connectivity index (χ3n) is 1.15. The first-order valence-electron chi connectivity index (χ1n) is 2.77. The van der Waals surface area contributed by atoms with Crippen LogP contribution in [0.2, 0.25) is 0 Å². The minimum Gasteiger partial charge on any atom is -0.260 e. The van der Waals surface area contributed by atoms with Crippen molar-refractivity contribution in [3.63, 3.8) is 0 Å². The van der Waals surface area contributed by atoms with E-state index in [2.05, 4.69) is 4.84 Å². The van der Waals surface area contributed by atoms with Gasteiger partial charge in [-0.2, -0.15) is 5.06 Å². The predicted molar refractivity (Wildman–Crippen MR) is 27.8 cm³/mol. The number of rotatable bonds is 1. The molecule has 2 nitrogen and oxygen atoms in total. The zero-order chi connectivity index (χ0) is 6.15. The van der Waals surface area contributed by atoms with Crippen LogP contribution in [0.15, 0.2) is 0 Å². The minimum atomic E-state index is -1.04. The number of hydrogen-bond donors (Lipinski definition) is 0. The van der Waals surface area contributed by atoms with Crippen LogP contribution in [0.3, 0.4) is 0 Å². The zero-order valence-corrected chi connectivity index (χ0v) is 5.10. The van der Waals surface area contributed by atoms with Gasteiger partial charge in [-0.05, 0) is 13.8 Å². The van der Waals surface area contributed by atoms with Gasteiger partial charge in [-0.15, -0.1) is 0 Å². The molecule has 0 radical (unpaired) electrons. The highest BCUT2D eigenvalue weighted by Crippen LogP contribution is 2.15. The van der Waals surface area contributed by atoms with Crippen LogP contribution in [0, 0.1) is 0 Å². The van der Waals surface area contributed by atoms with Gasteiger partial charge < -0.3 is 0 Å². The highest BCUT2D eigenvalue weighted by Gasteiger charge is 2.29. The van der Waals surface area contributed by atoms with Gasteiger partial charge in [0.25, 0.3) is 0 Å². The number of halogens is 1. The second-order valence-corrected chi connectivity index (χ2v) is 2.21. The number of alkyl halides is 1. The number of nitrogens with zero attached hydrogens (tertiary/aromatic N) is 1. The van der Waals surface area contributed by atoms with Gasteiger partial charge in [0, 0.05) is 6.04 Å². The van der Waals surface area contributed by atoms with Crippen molar-refractivity contribution in [3.05, 3.63) is 0 Å². The average molecular weight is 119 g/mol. The zero-order valence-electron chi connectivity index (χ0n) is 5.10. The van der Waals surface area contributed by atoms with Crippen LogP contribution in [0.4, 0.5) is 4.39 Å². The quantitative estimate of drug-likeness (QED) is 0.509. The summed E-state index contributed by atoms with van der Waals surface area (Å²) in [5, 5.41) is 1.62. The van der Waals surface area contributed by atoms with Crippen molar-refractivity contribution in [1.82, 2.24) is 5.06 Å². The van der Waals surface area contributed by atoms with Crippen LogP contribution >= 0.6 is 0 Å². The van der Waals surface area contributed by atoms with Crippen LogP contribution in [0.25, 0.3) is 0 Å². The maximum atomic E-state index is 11.9. The Kier molecular flexibility index (Phi) is 1.49. The fourth-order valence-corrected chi connectivity index (χ4v) is 0.612. The van der Waals surface area contributed by atoms with Crippen molar-refractivity contribution in [2.24, 2.45) is 0 Å². The Bertz CT molecular complexity index is 80.5. The summed E-state index contributed by atoms with van der Waals surface area (Å²) in [6, 6.07) is 0.307. The molecular formula is C5H10FNO. The van der Waals surface area contributed by atoms with Crippen molar-refractivity contribution in [3.8, 4) is 0 Å². The first-order chi connectivity index (χ1) is 3.70. The smallest absolute Gasteiger partial charge is 0.232 e. The lowest BCUT2D eigenvalue weighted by atomic mass is 10.3. The molecule has 0 aromatic heterocycles. The summed E-state index contributed by atoms with van der Waals surface area (Å²) >= 11 is 0. The van der Waals surface area contributed by atoms with Gasteiger partial charge in [-0.3, -0.25) is 4.84 Å². The number of hydroxylamine groups is 2. The molecule has 1 saturated heterocycles. The van der Waals surface area contributed by atoms with E-state index in [1.807, 2.05) is 13.8 Å². The van der Waals surface area contributed by atoms with E-state index in [0.717, 1.165) is 0 Å². The Morgan fingerprint density at radius 2 is 2.25 bits per heavy atom. The van der Waals surface area contributed by atoms with Gasteiger partial charge in [-0.25, -0.2) is 4.39 Å². The summed E-state index contributed by atoms with van der Waals surface area (Å²) in [5.41, 5.74) is 0. The molecule has 8 heavy (non-hydrogen) atoms. The van der Waals surface area contributed by atoms with Crippen LogP contribution in [0.1, 0.15) is 13.8 Å². The van der Waals surface area contributed by atoms with E-state index in [9.17, 15) is 4.39 Å². The molecule has 1 rings (SSSR count). The van der Waals surface area contributed by atoms with Crippen LogP contribution in [-0.4, -0.2) is 24.0 Å². The second-order valence-electron chi connectivity index (χ2n) is 2.21. The SMILES string of the molecule is CC(C)N1CC(F)O1. The summed E-state index contributed by atoms with van der Waals surface area (Å²) in [6.45, 7) is 4.36.